The Morgan fingerprint density at radius 1 is 1.09 bits per heavy atom. The van der Waals surface area contributed by atoms with Crippen LogP contribution in [0.15, 0.2) is 72.0 Å². The van der Waals surface area contributed by atoms with Crippen molar-refractivity contribution < 1.29 is 0 Å². The predicted molar refractivity (Wildman–Crippen MR) is 129 cm³/mol. The van der Waals surface area contributed by atoms with Gasteiger partial charge in [-0.15, -0.1) is 10.2 Å². The van der Waals surface area contributed by atoms with Gasteiger partial charge in [-0.3, -0.25) is 9.47 Å². The van der Waals surface area contributed by atoms with Crippen molar-refractivity contribution in [1.29, 1.82) is 0 Å². The fourth-order valence-electron chi connectivity index (χ4n) is 4.24. The smallest absolute Gasteiger partial charge is 0.191 e. The Kier molecular flexibility index (Phi) is 7.51. The van der Waals surface area contributed by atoms with Crippen molar-refractivity contribution in [2.24, 2.45) is 4.99 Å². The molecule has 7 nitrogen and oxygen atoms in total. The highest BCUT2D eigenvalue weighted by molar-refractivity contribution is 5.80. The summed E-state index contributed by atoms with van der Waals surface area (Å²) in [4.78, 5) is 7.37. The van der Waals surface area contributed by atoms with Gasteiger partial charge in [0.1, 0.15) is 12.9 Å². The number of nitrogens with one attached hydrogen (secondary N) is 2. The molecule has 2 atom stereocenters. The lowest BCUT2D eigenvalue weighted by Crippen LogP contribution is -2.51. The van der Waals surface area contributed by atoms with Gasteiger partial charge in [0.05, 0.1) is 0 Å². The molecule has 1 aromatic heterocycles. The molecule has 1 fully saturated rings. The third-order valence-corrected chi connectivity index (χ3v) is 5.96. The monoisotopic (exact) mass is 431 g/mol. The molecular formula is C25H33N7. The summed E-state index contributed by atoms with van der Waals surface area (Å²) in [5.74, 6) is 1.66. The first-order chi connectivity index (χ1) is 15.7. The Morgan fingerprint density at radius 2 is 1.84 bits per heavy atom. The van der Waals surface area contributed by atoms with E-state index in [0.717, 1.165) is 49.9 Å². The van der Waals surface area contributed by atoms with Gasteiger partial charge in [0, 0.05) is 37.4 Å². The Hall–Kier alpha value is -3.19. The zero-order valence-electron chi connectivity index (χ0n) is 19.0. The molecule has 4 rings (SSSR count). The van der Waals surface area contributed by atoms with E-state index in [0.29, 0.717) is 18.6 Å². The molecule has 0 bridgehead atoms. The summed E-state index contributed by atoms with van der Waals surface area (Å²) in [5, 5.41) is 15.4. The van der Waals surface area contributed by atoms with Crippen LogP contribution in [0.1, 0.15) is 38.1 Å². The maximum atomic E-state index is 4.81. The minimum Gasteiger partial charge on any atom is -0.357 e. The molecule has 7 heteroatoms. The molecule has 1 saturated heterocycles. The molecule has 0 radical (unpaired) electrons. The van der Waals surface area contributed by atoms with Gasteiger partial charge in [-0.1, -0.05) is 48.5 Å². The molecular weight excluding hydrogens is 398 g/mol. The van der Waals surface area contributed by atoms with E-state index in [1.54, 1.807) is 6.33 Å². The summed E-state index contributed by atoms with van der Waals surface area (Å²) in [6, 6.07) is 21.8. The second-order valence-electron chi connectivity index (χ2n) is 8.32. The number of benzene rings is 2. The van der Waals surface area contributed by atoms with E-state index >= 15 is 0 Å². The van der Waals surface area contributed by atoms with Crippen LogP contribution in [-0.2, 0) is 13.1 Å². The topological polar surface area (TPSA) is 70.4 Å². The van der Waals surface area contributed by atoms with E-state index in [9.17, 15) is 0 Å². The van der Waals surface area contributed by atoms with Crippen LogP contribution in [0.25, 0.3) is 5.69 Å². The Balaban J connectivity index is 1.36. The number of para-hydroxylation sites is 1. The van der Waals surface area contributed by atoms with Gasteiger partial charge in [-0.2, -0.15) is 0 Å². The van der Waals surface area contributed by atoms with Crippen LogP contribution < -0.4 is 10.6 Å². The van der Waals surface area contributed by atoms with E-state index in [-0.39, 0.29) is 0 Å². The highest BCUT2D eigenvalue weighted by atomic mass is 15.3. The van der Waals surface area contributed by atoms with E-state index in [4.69, 9.17) is 4.99 Å². The van der Waals surface area contributed by atoms with Gasteiger partial charge >= 0.3 is 0 Å². The molecule has 3 aromatic rings. The molecule has 0 aliphatic carbocycles. The molecule has 1 aliphatic rings. The first-order valence-electron chi connectivity index (χ1n) is 11.5. The lowest BCUT2D eigenvalue weighted by molar-refractivity contribution is 0.134. The number of rotatable bonds is 7. The quantitative estimate of drug-likeness (QED) is 0.443. The van der Waals surface area contributed by atoms with Crippen LogP contribution in [0.5, 0.6) is 0 Å². The number of nitrogens with zero attached hydrogens (tertiary/aromatic N) is 5. The Bertz CT molecular complexity index is 984. The first-order valence-corrected chi connectivity index (χ1v) is 11.5. The molecule has 0 spiro atoms. The fourth-order valence-corrected chi connectivity index (χ4v) is 4.24. The Labute approximate surface area is 190 Å². The predicted octanol–water partition coefficient (Wildman–Crippen LogP) is 3.38. The van der Waals surface area contributed by atoms with Crippen molar-refractivity contribution in [3.05, 3.63) is 78.4 Å². The number of hydrogen-bond acceptors (Lipinski definition) is 4. The summed E-state index contributed by atoms with van der Waals surface area (Å²) < 4.78 is 1.98. The van der Waals surface area contributed by atoms with Crippen LogP contribution in [0.4, 0.5) is 0 Å². The largest absolute Gasteiger partial charge is 0.357 e. The molecule has 168 valence electrons. The number of hydrogen-bond donors (Lipinski definition) is 2. The van der Waals surface area contributed by atoms with Crippen molar-refractivity contribution in [3.63, 3.8) is 0 Å². The standard InChI is InChI=1S/C25H33N7/c1-3-26-25(27-17-24-30-28-19-32(24)23-12-8-5-9-13-23)29-22-14-15-31(20(2)16-22)18-21-10-6-4-7-11-21/h4-13,19-20,22H,3,14-18H2,1-2H3,(H2,26,27,29). The van der Waals surface area contributed by atoms with Crippen molar-refractivity contribution in [3.8, 4) is 5.69 Å². The van der Waals surface area contributed by atoms with E-state index < -0.39 is 0 Å². The van der Waals surface area contributed by atoms with Gasteiger partial charge < -0.3 is 10.6 Å². The summed E-state index contributed by atoms with van der Waals surface area (Å²) in [6.07, 6.45) is 3.93. The molecule has 2 heterocycles. The van der Waals surface area contributed by atoms with Gasteiger partial charge in [-0.05, 0) is 44.4 Å². The number of guanidine groups is 1. The fraction of sp³-hybridized carbons (Fsp3) is 0.400. The van der Waals surface area contributed by atoms with Crippen LogP contribution in [-0.4, -0.2) is 50.8 Å². The first kappa shape index (κ1) is 22.0. The zero-order valence-corrected chi connectivity index (χ0v) is 19.0. The SMILES string of the molecule is CCNC(=NCc1nncn1-c1ccccc1)NC1CCN(Cc2ccccc2)C(C)C1. The van der Waals surface area contributed by atoms with Crippen LogP contribution in [0, 0.1) is 0 Å². The third kappa shape index (κ3) is 5.73. The second kappa shape index (κ2) is 10.9. The highest BCUT2D eigenvalue weighted by Crippen LogP contribution is 2.20. The number of aliphatic imine (C=N–C) groups is 1. The maximum absolute atomic E-state index is 4.81. The van der Waals surface area contributed by atoms with Gasteiger partial charge in [0.15, 0.2) is 11.8 Å². The molecule has 1 aliphatic heterocycles. The Morgan fingerprint density at radius 3 is 2.56 bits per heavy atom. The molecule has 2 aromatic carbocycles. The third-order valence-electron chi connectivity index (χ3n) is 5.96. The van der Waals surface area contributed by atoms with Gasteiger partial charge in [-0.25, -0.2) is 4.99 Å². The minimum absolute atomic E-state index is 0.404. The summed E-state index contributed by atoms with van der Waals surface area (Å²) in [7, 11) is 0. The van der Waals surface area contributed by atoms with Gasteiger partial charge in [0.2, 0.25) is 0 Å². The average Bonchev–Trinajstić information content (AvgIpc) is 3.29. The minimum atomic E-state index is 0.404. The van der Waals surface area contributed by atoms with Crippen molar-refractivity contribution >= 4 is 5.96 Å². The van der Waals surface area contributed by atoms with E-state index in [1.165, 1.54) is 5.56 Å². The summed E-state index contributed by atoms with van der Waals surface area (Å²) in [6.45, 7) is 7.79. The number of aromatic nitrogens is 3. The van der Waals surface area contributed by atoms with Crippen LogP contribution >= 0.6 is 0 Å². The molecule has 32 heavy (non-hydrogen) atoms. The average molecular weight is 432 g/mol. The lowest BCUT2D eigenvalue weighted by atomic mass is 9.97. The van der Waals surface area contributed by atoms with Crippen molar-refractivity contribution in [2.75, 3.05) is 13.1 Å². The number of piperidine rings is 1. The molecule has 2 unspecified atom stereocenters. The molecule has 0 saturated carbocycles. The second-order valence-corrected chi connectivity index (χ2v) is 8.32. The summed E-state index contributed by atoms with van der Waals surface area (Å²) >= 11 is 0. The van der Waals surface area contributed by atoms with E-state index in [2.05, 4.69) is 69.9 Å². The zero-order chi connectivity index (χ0) is 22.2. The molecule has 0 amide bonds. The van der Waals surface area contributed by atoms with Crippen molar-refractivity contribution in [1.82, 2.24) is 30.3 Å². The van der Waals surface area contributed by atoms with E-state index in [1.807, 2.05) is 34.9 Å². The van der Waals surface area contributed by atoms with Crippen LogP contribution in [0.3, 0.4) is 0 Å². The van der Waals surface area contributed by atoms with Gasteiger partial charge in [0.25, 0.3) is 0 Å². The lowest BCUT2D eigenvalue weighted by Gasteiger charge is -2.38. The maximum Gasteiger partial charge on any atom is 0.191 e. The molecule has 2 N–H and O–H groups in total. The summed E-state index contributed by atoms with van der Waals surface area (Å²) in [5.41, 5.74) is 2.42. The highest BCUT2D eigenvalue weighted by Gasteiger charge is 2.26. The van der Waals surface area contributed by atoms with Crippen LogP contribution in [0.2, 0.25) is 0 Å². The van der Waals surface area contributed by atoms with Crippen molar-refractivity contribution in [2.45, 2.75) is 51.9 Å². The number of likely N-dealkylation sites (tertiary alicyclic amines) is 1. The normalized spacial score (nSPS) is 19.6.